The second kappa shape index (κ2) is 8.69. The maximum absolute atomic E-state index is 12.7. The highest BCUT2D eigenvalue weighted by Crippen LogP contribution is 2.28. The molecule has 3 aromatic carbocycles. The number of carbonyl (C=O) groups excluding carboxylic acids is 2. The Morgan fingerprint density at radius 2 is 1.53 bits per heavy atom. The van der Waals surface area contributed by atoms with Crippen molar-refractivity contribution in [2.45, 2.75) is 6.42 Å². The van der Waals surface area contributed by atoms with Gasteiger partial charge in [0.05, 0.1) is 13.0 Å². The van der Waals surface area contributed by atoms with Gasteiger partial charge in [-0.25, -0.2) is 0 Å². The van der Waals surface area contributed by atoms with Crippen LogP contribution in [0.5, 0.6) is 17.2 Å². The summed E-state index contributed by atoms with van der Waals surface area (Å²) in [6, 6.07) is 23.9. The lowest BCUT2D eigenvalue weighted by Gasteiger charge is -2.17. The van der Waals surface area contributed by atoms with E-state index in [1.807, 2.05) is 42.5 Å². The lowest BCUT2D eigenvalue weighted by Crippen LogP contribution is -2.28. The minimum atomic E-state index is -0.403. The highest BCUT2D eigenvalue weighted by atomic mass is 16.5. The summed E-state index contributed by atoms with van der Waals surface area (Å²) in [6.07, 6.45) is 0.188. The number of benzene rings is 3. The first kappa shape index (κ1) is 19.5. The van der Waals surface area contributed by atoms with Gasteiger partial charge >= 0.3 is 0 Å². The van der Waals surface area contributed by atoms with Crippen molar-refractivity contribution in [2.75, 3.05) is 23.9 Å². The molecule has 4 rings (SSSR count). The number of anilines is 2. The SMILES string of the molecule is COc1ccc(N2C[C@@H](C(=O)Nc3ccc(Oc4ccccc4)cc3)CC2=O)cc1. The number of methoxy groups -OCH3 is 1. The van der Waals surface area contributed by atoms with Gasteiger partial charge < -0.3 is 19.7 Å². The zero-order chi connectivity index (χ0) is 20.9. The molecule has 30 heavy (non-hydrogen) atoms. The lowest BCUT2D eigenvalue weighted by molar-refractivity contribution is -0.122. The Balaban J connectivity index is 1.36. The average Bonchev–Trinajstić information content (AvgIpc) is 3.18. The molecule has 2 amide bonds. The van der Waals surface area contributed by atoms with Gasteiger partial charge in [0, 0.05) is 24.3 Å². The van der Waals surface area contributed by atoms with E-state index in [-0.39, 0.29) is 18.2 Å². The van der Waals surface area contributed by atoms with Crippen LogP contribution in [0.15, 0.2) is 78.9 Å². The van der Waals surface area contributed by atoms with Gasteiger partial charge in [0.25, 0.3) is 0 Å². The summed E-state index contributed by atoms with van der Waals surface area (Å²) in [5.74, 6) is 1.51. The van der Waals surface area contributed by atoms with Gasteiger partial charge in [0.2, 0.25) is 11.8 Å². The van der Waals surface area contributed by atoms with Crippen LogP contribution in [0.2, 0.25) is 0 Å². The maximum atomic E-state index is 12.7. The molecule has 1 heterocycles. The second-order valence-corrected chi connectivity index (χ2v) is 7.03. The van der Waals surface area contributed by atoms with Crippen LogP contribution < -0.4 is 19.7 Å². The highest BCUT2D eigenvalue weighted by molar-refractivity contribution is 6.03. The molecule has 0 aliphatic carbocycles. The summed E-state index contributed by atoms with van der Waals surface area (Å²) >= 11 is 0. The van der Waals surface area contributed by atoms with Crippen molar-refractivity contribution >= 4 is 23.2 Å². The van der Waals surface area contributed by atoms with E-state index in [1.165, 1.54) is 0 Å². The molecule has 1 fully saturated rings. The van der Waals surface area contributed by atoms with Crippen molar-refractivity contribution < 1.29 is 19.1 Å². The van der Waals surface area contributed by atoms with Gasteiger partial charge in [0.1, 0.15) is 17.2 Å². The monoisotopic (exact) mass is 402 g/mol. The zero-order valence-electron chi connectivity index (χ0n) is 16.6. The number of hydrogen-bond donors (Lipinski definition) is 1. The molecule has 1 N–H and O–H groups in total. The Morgan fingerprint density at radius 1 is 0.900 bits per heavy atom. The van der Waals surface area contributed by atoms with Crippen molar-refractivity contribution in [1.29, 1.82) is 0 Å². The van der Waals surface area contributed by atoms with E-state index in [2.05, 4.69) is 5.32 Å². The first-order valence-electron chi connectivity index (χ1n) is 9.70. The molecule has 1 aliphatic rings. The van der Waals surface area contributed by atoms with Crippen molar-refractivity contribution in [3.05, 3.63) is 78.9 Å². The third-order valence-corrected chi connectivity index (χ3v) is 4.98. The van der Waals surface area contributed by atoms with Gasteiger partial charge in [-0.3, -0.25) is 9.59 Å². The predicted molar refractivity (Wildman–Crippen MR) is 115 cm³/mol. The largest absolute Gasteiger partial charge is 0.497 e. The first-order chi connectivity index (χ1) is 14.6. The Hall–Kier alpha value is -3.80. The summed E-state index contributed by atoms with van der Waals surface area (Å²) in [7, 11) is 1.59. The van der Waals surface area contributed by atoms with E-state index in [9.17, 15) is 9.59 Å². The summed E-state index contributed by atoms with van der Waals surface area (Å²) in [5, 5.41) is 2.89. The van der Waals surface area contributed by atoms with E-state index in [0.717, 1.165) is 17.2 Å². The van der Waals surface area contributed by atoms with Crippen LogP contribution in [-0.4, -0.2) is 25.5 Å². The van der Waals surface area contributed by atoms with E-state index in [4.69, 9.17) is 9.47 Å². The number of nitrogens with one attached hydrogen (secondary N) is 1. The number of amides is 2. The molecule has 6 nitrogen and oxygen atoms in total. The molecule has 1 saturated heterocycles. The minimum absolute atomic E-state index is 0.0630. The fourth-order valence-electron chi connectivity index (χ4n) is 3.37. The fourth-order valence-corrected chi connectivity index (χ4v) is 3.37. The maximum Gasteiger partial charge on any atom is 0.229 e. The summed E-state index contributed by atoms with van der Waals surface area (Å²) < 4.78 is 10.9. The Labute approximate surface area is 175 Å². The van der Waals surface area contributed by atoms with E-state index in [0.29, 0.717) is 18.0 Å². The average molecular weight is 402 g/mol. The highest BCUT2D eigenvalue weighted by Gasteiger charge is 2.35. The van der Waals surface area contributed by atoms with Crippen molar-refractivity contribution in [2.24, 2.45) is 5.92 Å². The number of nitrogens with zero attached hydrogens (tertiary/aromatic N) is 1. The number of para-hydroxylation sites is 1. The van der Waals surface area contributed by atoms with Gasteiger partial charge in [0.15, 0.2) is 0 Å². The van der Waals surface area contributed by atoms with Crippen LogP contribution in [0.25, 0.3) is 0 Å². The van der Waals surface area contributed by atoms with Crippen molar-refractivity contribution in [3.63, 3.8) is 0 Å². The Bertz CT molecular complexity index is 1020. The van der Waals surface area contributed by atoms with Gasteiger partial charge in [-0.2, -0.15) is 0 Å². The van der Waals surface area contributed by atoms with Crippen LogP contribution in [-0.2, 0) is 9.59 Å². The van der Waals surface area contributed by atoms with Gasteiger partial charge in [-0.05, 0) is 60.7 Å². The summed E-state index contributed by atoms with van der Waals surface area (Å²) in [4.78, 5) is 26.7. The molecular weight excluding hydrogens is 380 g/mol. The first-order valence-corrected chi connectivity index (χ1v) is 9.70. The van der Waals surface area contributed by atoms with E-state index < -0.39 is 5.92 Å². The molecule has 0 bridgehead atoms. The Kier molecular flexibility index (Phi) is 5.66. The molecular formula is C24H22N2O4. The quantitative estimate of drug-likeness (QED) is 0.660. The zero-order valence-corrected chi connectivity index (χ0v) is 16.6. The smallest absolute Gasteiger partial charge is 0.229 e. The molecule has 3 aromatic rings. The number of rotatable bonds is 6. The number of ether oxygens (including phenoxy) is 2. The van der Waals surface area contributed by atoms with Crippen molar-refractivity contribution in [3.8, 4) is 17.2 Å². The fraction of sp³-hybridized carbons (Fsp3) is 0.167. The molecule has 0 unspecified atom stereocenters. The lowest BCUT2D eigenvalue weighted by atomic mass is 10.1. The molecule has 0 radical (unpaired) electrons. The third-order valence-electron chi connectivity index (χ3n) is 4.98. The standard InChI is InChI=1S/C24H22N2O4/c1-29-20-13-9-19(10-14-20)26-16-17(15-23(26)27)24(28)25-18-7-11-22(12-8-18)30-21-5-3-2-4-6-21/h2-14,17H,15-16H2,1H3,(H,25,28)/t17-/m0/s1. The second-order valence-electron chi connectivity index (χ2n) is 7.03. The van der Waals surface area contributed by atoms with Gasteiger partial charge in [-0.1, -0.05) is 18.2 Å². The van der Waals surface area contributed by atoms with Crippen LogP contribution in [0.3, 0.4) is 0 Å². The van der Waals surface area contributed by atoms with Crippen LogP contribution in [0, 0.1) is 5.92 Å². The molecule has 1 aliphatic heterocycles. The molecule has 0 spiro atoms. The molecule has 0 saturated carbocycles. The molecule has 0 aromatic heterocycles. The Morgan fingerprint density at radius 3 is 2.20 bits per heavy atom. The summed E-state index contributed by atoms with van der Waals surface area (Å²) in [6.45, 7) is 0.353. The molecule has 6 heteroatoms. The van der Waals surface area contributed by atoms with E-state index >= 15 is 0 Å². The van der Waals surface area contributed by atoms with Crippen molar-refractivity contribution in [1.82, 2.24) is 0 Å². The van der Waals surface area contributed by atoms with Crippen LogP contribution in [0.1, 0.15) is 6.42 Å². The minimum Gasteiger partial charge on any atom is -0.497 e. The molecule has 1 atom stereocenters. The predicted octanol–water partition coefficient (Wildman–Crippen LogP) is 4.48. The van der Waals surface area contributed by atoms with E-state index in [1.54, 1.807) is 48.4 Å². The number of carbonyl (C=O) groups is 2. The number of hydrogen-bond acceptors (Lipinski definition) is 4. The van der Waals surface area contributed by atoms with Crippen LogP contribution >= 0.6 is 0 Å². The topological polar surface area (TPSA) is 67.9 Å². The third kappa shape index (κ3) is 4.43. The summed E-state index contributed by atoms with van der Waals surface area (Å²) in [5.41, 5.74) is 1.43. The van der Waals surface area contributed by atoms with Crippen LogP contribution in [0.4, 0.5) is 11.4 Å². The van der Waals surface area contributed by atoms with Gasteiger partial charge in [-0.15, -0.1) is 0 Å². The normalized spacial score (nSPS) is 15.7. The molecule has 152 valence electrons.